The highest BCUT2D eigenvalue weighted by Crippen LogP contribution is 2.32. The van der Waals surface area contributed by atoms with Crippen LogP contribution < -0.4 is 5.32 Å². The summed E-state index contributed by atoms with van der Waals surface area (Å²) in [6.07, 6.45) is 6.55. The summed E-state index contributed by atoms with van der Waals surface area (Å²) < 4.78 is 0. The zero-order valence-corrected chi connectivity index (χ0v) is 10.5. The molecule has 92 valence electrons. The van der Waals surface area contributed by atoms with E-state index in [4.69, 9.17) is 0 Å². The van der Waals surface area contributed by atoms with Crippen molar-refractivity contribution in [1.29, 1.82) is 0 Å². The second-order valence-electron chi connectivity index (χ2n) is 5.32. The minimum Gasteiger partial charge on any atom is -0.315 e. The first-order valence-electron chi connectivity index (χ1n) is 6.72. The highest BCUT2D eigenvalue weighted by atomic mass is 15.2. The molecule has 3 unspecified atom stereocenters. The number of aromatic nitrogens is 1. The molecule has 1 aromatic rings. The third-order valence-corrected chi connectivity index (χ3v) is 4.41. The van der Waals surface area contributed by atoms with Crippen LogP contribution in [-0.4, -0.2) is 35.6 Å². The largest absolute Gasteiger partial charge is 0.315 e. The van der Waals surface area contributed by atoms with Gasteiger partial charge in [0.2, 0.25) is 0 Å². The summed E-state index contributed by atoms with van der Waals surface area (Å²) in [4.78, 5) is 6.79. The lowest BCUT2D eigenvalue weighted by Gasteiger charge is -2.41. The Bertz CT molecular complexity index is 365. The van der Waals surface area contributed by atoms with Crippen molar-refractivity contribution < 1.29 is 0 Å². The van der Waals surface area contributed by atoms with Crippen LogP contribution in [0.3, 0.4) is 0 Å². The molecule has 1 aromatic heterocycles. The zero-order valence-electron chi connectivity index (χ0n) is 10.5. The lowest BCUT2D eigenvalue weighted by atomic mass is 9.90. The van der Waals surface area contributed by atoms with Crippen molar-refractivity contribution in [3.8, 4) is 0 Å². The van der Waals surface area contributed by atoms with Crippen molar-refractivity contribution in [1.82, 2.24) is 15.2 Å². The molecular formula is C14H21N3. The van der Waals surface area contributed by atoms with E-state index < -0.39 is 0 Å². The highest BCUT2D eigenvalue weighted by molar-refractivity contribution is 5.15. The molecule has 0 radical (unpaired) electrons. The predicted octanol–water partition coefficient (Wildman–Crippen LogP) is 1.83. The number of nitrogens with zero attached hydrogens (tertiary/aromatic N) is 2. The van der Waals surface area contributed by atoms with Gasteiger partial charge in [-0.25, -0.2) is 0 Å². The minimum absolute atomic E-state index is 0.519. The van der Waals surface area contributed by atoms with Crippen molar-refractivity contribution in [2.45, 2.75) is 31.8 Å². The van der Waals surface area contributed by atoms with Gasteiger partial charge in [0.15, 0.2) is 0 Å². The molecule has 0 bridgehead atoms. The lowest BCUT2D eigenvalue weighted by molar-refractivity contribution is 0.0847. The van der Waals surface area contributed by atoms with Crippen molar-refractivity contribution in [3.05, 3.63) is 30.1 Å². The van der Waals surface area contributed by atoms with E-state index >= 15 is 0 Å². The summed E-state index contributed by atoms with van der Waals surface area (Å²) in [5.41, 5.74) is 1.40. The second kappa shape index (κ2) is 4.75. The normalized spacial score (nSPS) is 31.1. The van der Waals surface area contributed by atoms with Gasteiger partial charge in [0.05, 0.1) is 0 Å². The maximum atomic E-state index is 4.11. The Morgan fingerprint density at radius 1 is 1.35 bits per heavy atom. The van der Waals surface area contributed by atoms with Gasteiger partial charge in [-0.15, -0.1) is 0 Å². The van der Waals surface area contributed by atoms with Crippen LogP contribution >= 0.6 is 0 Å². The first kappa shape index (κ1) is 11.2. The molecule has 3 heterocycles. The molecule has 0 amide bonds. The van der Waals surface area contributed by atoms with Gasteiger partial charge < -0.3 is 5.32 Å². The smallest absolute Gasteiger partial charge is 0.0324 e. The van der Waals surface area contributed by atoms with Crippen LogP contribution in [0.25, 0.3) is 0 Å². The molecule has 0 aromatic carbocycles. The van der Waals surface area contributed by atoms with E-state index in [-0.39, 0.29) is 0 Å². The average molecular weight is 231 g/mol. The molecule has 2 fully saturated rings. The van der Waals surface area contributed by atoms with E-state index in [1.54, 1.807) is 0 Å². The highest BCUT2D eigenvalue weighted by Gasteiger charge is 2.37. The molecule has 3 nitrogen and oxygen atoms in total. The molecule has 2 aliphatic rings. The molecule has 1 N–H and O–H groups in total. The quantitative estimate of drug-likeness (QED) is 0.841. The van der Waals surface area contributed by atoms with Crippen molar-refractivity contribution in [2.24, 2.45) is 5.92 Å². The van der Waals surface area contributed by atoms with Crippen LogP contribution in [-0.2, 0) is 0 Å². The number of fused-ring (bicyclic) bond motifs is 1. The first-order chi connectivity index (χ1) is 8.36. The maximum absolute atomic E-state index is 4.11. The van der Waals surface area contributed by atoms with Gasteiger partial charge >= 0.3 is 0 Å². The van der Waals surface area contributed by atoms with Crippen LogP contribution in [0.5, 0.6) is 0 Å². The third-order valence-electron chi connectivity index (χ3n) is 4.41. The third kappa shape index (κ3) is 2.09. The van der Waals surface area contributed by atoms with Crippen molar-refractivity contribution in [3.63, 3.8) is 0 Å². The fourth-order valence-corrected chi connectivity index (χ4v) is 3.42. The van der Waals surface area contributed by atoms with E-state index in [1.165, 1.54) is 38.0 Å². The van der Waals surface area contributed by atoms with E-state index in [2.05, 4.69) is 34.3 Å². The topological polar surface area (TPSA) is 28.2 Å². The molecule has 2 saturated heterocycles. The summed E-state index contributed by atoms with van der Waals surface area (Å²) in [7, 11) is 0. The number of pyridine rings is 1. The Kier molecular flexibility index (Phi) is 3.12. The molecular weight excluding hydrogens is 210 g/mol. The van der Waals surface area contributed by atoms with Gasteiger partial charge in [-0.1, -0.05) is 0 Å². The fraction of sp³-hybridized carbons (Fsp3) is 0.643. The Balaban J connectivity index is 1.79. The van der Waals surface area contributed by atoms with E-state index in [9.17, 15) is 0 Å². The standard InChI is InChI=1S/C14H21N3/c1-11(12-4-6-15-7-5-12)17-8-2-3-13-9-16-10-14(13)17/h4-7,11,13-14,16H,2-3,8-10H2,1H3. The molecule has 2 aliphatic heterocycles. The Hall–Kier alpha value is -0.930. The van der Waals surface area contributed by atoms with Gasteiger partial charge in [-0.3, -0.25) is 9.88 Å². The molecule has 3 atom stereocenters. The van der Waals surface area contributed by atoms with E-state index in [0.717, 1.165) is 12.0 Å². The van der Waals surface area contributed by atoms with Crippen molar-refractivity contribution >= 4 is 0 Å². The number of nitrogens with one attached hydrogen (secondary N) is 1. The van der Waals surface area contributed by atoms with Gasteiger partial charge in [0.1, 0.15) is 0 Å². The monoisotopic (exact) mass is 231 g/mol. The van der Waals surface area contributed by atoms with Crippen molar-refractivity contribution in [2.75, 3.05) is 19.6 Å². The van der Waals surface area contributed by atoms with Crippen LogP contribution in [0.4, 0.5) is 0 Å². The summed E-state index contributed by atoms with van der Waals surface area (Å²) in [5, 5.41) is 3.55. The summed E-state index contributed by atoms with van der Waals surface area (Å²) in [6.45, 7) is 5.95. The Morgan fingerprint density at radius 2 is 2.18 bits per heavy atom. The van der Waals surface area contributed by atoms with Gasteiger partial charge in [-0.2, -0.15) is 0 Å². The summed E-state index contributed by atoms with van der Waals surface area (Å²) in [6, 6.07) is 5.56. The molecule has 0 spiro atoms. The molecule has 3 rings (SSSR count). The number of hydrogen-bond acceptors (Lipinski definition) is 3. The predicted molar refractivity (Wildman–Crippen MR) is 68.7 cm³/mol. The minimum atomic E-state index is 0.519. The Morgan fingerprint density at radius 3 is 3.00 bits per heavy atom. The van der Waals surface area contributed by atoms with Gasteiger partial charge in [0, 0.05) is 31.0 Å². The fourth-order valence-electron chi connectivity index (χ4n) is 3.42. The van der Waals surface area contributed by atoms with Crippen LogP contribution in [0, 0.1) is 5.92 Å². The lowest BCUT2D eigenvalue weighted by Crippen LogP contribution is -2.46. The van der Waals surface area contributed by atoms with Crippen LogP contribution in [0.1, 0.15) is 31.4 Å². The van der Waals surface area contributed by atoms with E-state index in [0.29, 0.717) is 6.04 Å². The molecule has 0 saturated carbocycles. The average Bonchev–Trinajstić information content (AvgIpc) is 2.87. The van der Waals surface area contributed by atoms with Crippen LogP contribution in [0.2, 0.25) is 0 Å². The molecule has 17 heavy (non-hydrogen) atoms. The molecule has 3 heteroatoms. The maximum Gasteiger partial charge on any atom is 0.0324 e. The SMILES string of the molecule is CC(c1ccncc1)N1CCCC2CNCC21. The zero-order chi connectivity index (χ0) is 11.7. The van der Waals surface area contributed by atoms with Crippen LogP contribution in [0.15, 0.2) is 24.5 Å². The number of rotatable bonds is 2. The summed E-state index contributed by atoms with van der Waals surface area (Å²) >= 11 is 0. The van der Waals surface area contributed by atoms with E-state index in [1.807, 2.05) is 12.4 Å². The second-order valence-corrected chi connectivity index (χ2v) is 5.32. The van der Waals surface area contributed by atoms with Gasteiger partial charge in [0.25, 0.3) is 0 Å². The van der Waals surface area contributed by atoms with Gasteiger partial charge in [-0.05, 0) is 56.5 Å². The summed E-state index contributed by atoms with van der Waals surface area (Å²) in [5.74, 6) is 0.869. The first-order valence-corrected chi connectivity index (χ1v) is 6.72. The molecule has 0 aliphatic carbocycles. The number of hydrogen-bond donors (Lipinski definition) is 1. The Labute approximate surface area is 103 Å². The number of piperidine rings is 1. The number of likely N-dealkylation sites (tertiary alicyclic amines) is 1.